The number of likely N-dealkylation sites (N-methyl/N-ethyl adjacent to an activating group) is 1. The minimum Gasteiger partial charge on any atom is -0.469 e. The van der Waals surface area contributed by atoms with Crippen LogP contribution in [-0.2, 0) is 27.3 Å². The molecule has 0 atom stereocenters. The Morgan fingerprint density at radius 1 is 1.03 bits per heavy atom. The van der Waals surface area contributed by atoms with E-state index in [1.165, 1.54) is 12.7 Å². The van der Waals surface area contributed by atoms with E-state index in [-0.39, 0.29) is 25.1 Å². The van der Waals surface area contributed by atoms with Crippen LogP contribution in [0.5, 0.6) is 11.5 Å². The molecule has 8 nitrogen and oxygen atoms in total. The SMILES string of the molecule is CCN(CC(=O)N1CCN(Cc2ccc3c(c2)OCO3)CC1)c1ccc(C)c(CC(=O)OC)c1. The first-order valence-corrected chi connectivity index (χ1v) is 11.8. The zero-order chi connectivity index (χ0) is 24.1. The number of carbonyl (C=O) groups is 2. The molecule has 4 rings (SSSR count). The minimum atomic E-state index is -0.266. The monoisotopic (exact) mass is 467 g/mol. The van der Waals surface area contributed by atoms with Gasteiger partial charge in [0.25, 0.3) is 0 Å². The lowest BCUT2D eigenvalue weighted by Crippen LogP contribution is -2.51. The summed E-state index contributed by atoms with van der Waals surface area (Å²) in [6, 6.07) is 12.1. The van der Waals surface area contributed by atoms with E-state index in [2.05, 4.69) is 15.9 Å². The predicted molar refractivity (Wildman–Crippen MR) is 129 cm³/mol. The standard InChI is InChI=1S/C26H33N3O5/c1-4-28(22-7-5-19(2)21(14-22)15-26(31)32-3)17-25(30)29-11-9-27(10-12-29)16-20-6-8-23-24(13-20)34-18-33-23/h5-8,13-14H,4,9-12,15-18H2,1-3H3. The summed E-state index contributed by atoms with van der Waals surface area (Å²) >= 11 is 0. The zero-order valence-electron chi connectivity index (χ0n) is 20.2. The van der Waals surface area contributed by atoms with Gasteiger partial charge in [-0.05, 0) is 54.8 Å². The fourth-order valence-corrected chi connectivity index (χ4v) is 4.37. The summed E-state index contributed by atoms with van der Waals surface area (Å²) in [5.41, 5.74) is 4.09. The van der Waals surface area contributed by atoms with Gasteiger partial charge in [0.05, 0.1) is 20.1 Å². The normalized spacial score (nSPS) is 15.3. The molecule has 0 aliphatic carbocycles. The van der Waals surface area contributed by atoms with E-state index in [4.69, 9.17) is 14.2 Å². The highest BCUT2D eigenvalue weighted by Gasteiger charge is 2.23. The van der Waals surface area contributed by atoms with Gasteiger partial charge in [-0.2, -0.15) is 0 Å². The Kier molecular flexibility index (Phi) is 7.57. The number of anilines is 1. The summed E-state index contributed by atoms with van der Waals surface area (Å²) in [7, 11) is 1.40. The van der Waals surface area contributed by atoms with Gasteiger partial charge >= 0.3 is 5.97 Å². The summed E-state index contributed by atoms with van der Waals surface area (Å²) in [5, 5.41) is 0. The molecule has 2 aliphatic heterocycles. The van der Waals surface area contributed by atoms with Crippen molar-refractivity contribution in [3.63, 3.8) is 0 Å². The van der Waals surface area contributed by atoms with E-state index in [9.17, 15) is 9.59 Å². The van der Waals surface area contributed by atoms with E-state index in [1.807, 2.05) is 49.1 Å². The molecule has 0 spiro atoms. The van der Waals surface area contributed by atoms with Gasteiger partial charge in [-0.15, -0.1) is 0 Å². The van der Waals surface area contributed by atoms with Crippen molar-refractivity contribution in [1.82, 2.24) is 9.80 Å². The molecule has 2 aliphatic rings. The fourth-order valence-electron chi connectivity index (χ4n) is 4.37. The molecule has 2 aromatic carbocycles. The van der Waals surface area contributed by atoms with Crippen molar-refractivity contribution in [2.75, 3.05) is 58.1 Å². The molecule has 8 heteroatoms. The van der Waals surface area contributed by atoms with Crippen molar-refractivity contribution >= 4 is 17.6 Å². The molecule has 1 saturated heterocycles. The van der Waals surface area contributed by atoms with Crippen LogP contribution in [-0.4, -0.2) is 74.8 Å². The zero-order valence-corrected chi connectivity index (χ0v) is 20.2. The topological polar surface area (TPSA) is 71.6 Å². The average molecular weight is 468 g/mol. The van der Waals surface area contributed by atoms with Crippen LogP contribution in [0.4, 0.5) is 5.69 Å². The number of carbonyl (C=O) groups excluding carboxylic acids is 2. The molecular weight excluding hydrogens is 434 g/mol. The number of ether oxygens (including phenoxy) is 3. The largest absolute Gasteiger partial charge is 0.469 e. The van der Waals surface area contributed by atoms with Crippen LogP contribution in [0, 0.1) is 6.92 Å². The number of esters is 1. The van der Waals surface area contributed by atoms with Gasteiger partial charge in [0.1, 0.15) is 0 Å². The highest BCUT2D eigenvalue weighted by Crippen LogP contribution is 2.32. The lowest BCUT2D eigenvalue weighted by Gasteiger charge is -2.36. The molecule has 2 aromatic rings. The highest BCUT2D eigenvalue weighted by molar-refractivity contribution is 5.82. The van der Waals surface area contributed by atoms with Gasteiger partial charge < -0.3 is 24.0 Å². The van der Waals surface area contributed by atoms with Crippen LogP contribution in [0.2, 0.25) is 0 Å². The number of aryl methyl sites for hydroxylation is 1. The number of fused-ring (bicyclic) bond motifs is 1. The van der Waals surface area contributed by atoms with E-state index >= 15 is 0 Å². The van der Waals surface area contributed by atoms with Crippen LogP contribution in [0.3, 0.4) is 0 Å². The fraction of sp³-hybridized carbons (Fsp3) is 0.462. The highest BCUT2D eigenvalue weighted by atomic mass is 16.7. The maximum Gasteiger partial charge on any atom is 0.309 e. The van der Waals surface area contributed by atoms with E-state index in [0.717, 1.165) is 47.9 Å². The lowest BCUT2D eigenvalue weighted by atomic mass is 10.0. The molecule has 0 bridgehead atoms. The molecule has 0 unspecified atom stereocenters. The smallest absolute Gasteiger partial charge is 0.309 e. The Hall–Kier alpha value is -3.26. The summed E-state index contributed by atoms with van der Waals surface area (Å²) in [6.07, 6.45) is 0.229. The summed E-state index contributed by atoms with van der Waals surface area (Å²) in [6.45, 7) is 9.24. The first kappa shape index (κ1) is 23.9. The first-order valence-electron chi connectivity index (χ1n) is 11.8. The van der Waals surface area contributed by atoms with Gasteiger partial charge in [0.2, 0.25) is 12.7 Å². The predicted octanol–water partition coefficient (Wildman–Crippen LogP) is 2.61. The molecule has 0 aromatic heterocycles. The van der Waals surface area contributed by atoms with Crippen molar-refractivity contribution in [3.8, 4) is 11.5 Å². The van der Waals surface area contributed by atoms with E-state index in [0.29, 0.717) is 26.2 Å². The summed E-state index contributed by atoms with van der Waals surface area (Å²) < 4.78 is 15.7. The summed E-state index contributed by atoms with van der Waals surface area (Å²) in [5.74, 6) is 1.46. The number of hydrogen-bond donors (Lipinski definition) is 0. The van der Waals surface area contributed by atoms with Gasteiger partial charge in [-0.3, -0.25) is 14.5 Å². The van der Waals surface area contributed by atoms with Crippen molar-refractivity contribution in [2.45, 2.75) is 26.8 Å². The molecule has 0 N–H and O–H groups in total. The molecule has 0 saturated carbocycles. The van der Waals surface area contributed by atoms with Crippen LogP contribution in [0.25, 0.3) is 0 Å². The average Bonchev–Trinajstić information content (AvgIpc) is 3.32. The minimum absolute atomic E-state index is 0.125. The Morgan fingerprint density at radius 2 is 1.79 bits per heavy atom. The van der Waals surface area contributed by atoms with Crippen LogP contribution < -0.4 is 14.4 Å². The number of rotatable bonds is 8. The van der Waals surface area contributed by atoms with E-state index in [1.54, 1.807) is 0 Å². The van der Waals surface area contributed by atoms with Gasteiger partial charge in [-0.1, -0.05) is 12.1 Å². The Balaban J connectivity index is 1.31. The summed E-state index contributed by atoms with van der Waals surface area (Å²) in [4.78, 5) is 31.2. The molecule has 0 radical (unpaired) electrons. The molecule has 2 heterocycles. The third-order valence-electron chi connectivity index (χ3n) is 6.54. The second kappa shape index (κ2) is 10.8. The number of methoxy groups -OCH3 is 1. The second-order valence-electron chi connectivity index (χ2n) is 8.72. The number of piperazine rings is 1. The van der Waals surface area contributed by atoms with E-state index < -0.39 is 0 Å². The van der Waals surface area contributed by atoms with Gasteiger partial charge in [0.15, 0.2) is 11.5 Å². The van der Waals surface area contributed by atoms with Crippen molar-refractivity contribution < 1.29 is 23.8 Å². The quantitative estimate of drug-likeness (QED) is 0.553. The molecule has 1 amide bonds. The van der Waals surface area contributed by atoms with Crippen molar-refractivity contribution in [3.05, 3.63) is 53.1 Å². The van der Waals surface area contributed by atoms with Crippen LogP contribution in [0.15, 0.2) is 36.4 Å². The maximum absolute atomic E-state index is 13.1. The Bertz CT molecular complexity index is 1030. The van der Waals surface area contributed by atoms with Gasteiger partial charge in [-0.25, -0.2) is 0 Å². The number of hydrogen-bond acceptors (Lipinski definition) is 7. The number of amides is 1. The lowest BCUT2D eigenvalue weighted by molar-refractivity contribution is -0.139. The second-order valence-corrected chi connectivity index (χ2v) is 8.72. The first-order chi connectivity index (χ1) is 16.5. The van der Waals surface area contributed by atoms with Crippen molar-refractivity contribution in [1.29, 1.82) is 0 Å². The number of benzene rings is 2. The van der Waals surface area contributed by atoms with Crippen molar-refractivity contribution in [2.24, 2.45) is 0 Å². The van der Waals surface area contributed by atoms with Crippen LogP contribution in [0.1, 0.15) is 23.6 Å². The third-order valence-corrected chi connectivity index (χ3v) is 6.54. The molecular formula is C26H33N3O5. The molecule has 1 fully saturated rings. The number of nitrogens with zero attached hydrogens (tertiary/aromatic N) is 3. The Labute approximate surface area is 201 Å². The molecule has 182 valence electrons. The third kappa shape index (κ3) is 5.62. The maximum atomic E-state index is 13.1. The van der Waals surface area contributed by atoms with Crippen LogP contribution >= 0.6 is 0 Å². The Morgan fingerprint density at radius 3 is 2.53 bits per heavy atom. The molecule has 34 heavy (non-hydrogen) atoms. The van der Waals surface area contributed by atoms with Gasteiger partial charge in [0, 0.05) is 45.0 Å².